The van der Waals surface area contributed by atoms with Crippen molar-refractivity contribution in [2.45, 2.75) is 6.42 Å². The Hall–Kier alpha value is -0.540. The topological polar surface area (TPSA) is 17.1 Å². The summed E-state index contributed by atoms with van der Waals surface area (Å²) in [4.78, 5) is 12.5. The van der Waals surface area contributed by atoms with Crippen molar-refractivity contribution in [3.05, 3.63) is 55.2 Å². The van der Waals surface area contributed by atoms with E-state index in [2.05, 4.69) is 0 Å². The molecular formula is C12H7Cl3OS. The quantitative estimate of drug-likeness (QED) is 0.718. The van der Waals surface area contributed by atoms with Crippen LogP contribution in [0.5, 0.6) is 0 Å². The fourth-order valence-corrected chi connectivity index (χ4v) is 2.83. The van der Waals surface area contributed by atoms with Gasteiger partial charge in [-0.2, -0.15) is 0 Å². The molecule has 2 aromatic rings. The van der Waals surface area contributed by atoms with Gasteiger partial charge in [-0.3, -0.25) is 4.79 Å². The Morgan fingerprint density at radius 3 is 2.41 bits per heavy atom. The Kier molecular flexibility index (Phi) is 4.10. The first kappa shape index (κ1) is 12.9. The monoisotopic (exact) mass is 304 g/mol. The molecule has 0 saturated carbocycles. The molecule has 1 aromatic heterocycles. The van der Waals surface area contributed by atoms with Crippen LogP contribution in [0.15, 0.2) is 29.6 Å². The maximum atomic E-state index is 11.9. The SMILES string of the molecule is O=C(Cc1ccc(Cl)c(Cl)c1)c1sccc1Cl. The molecule has 0 aliphatic heterocycles. The van der Waals surface area contributed by atoms with Crippen LogP contribution in [0.2, 0.25) is 15.1 Å². The Balaban J connectivity index is 2.19. The number of rotatable bonds is 3. The minimum absolute atomic E-state index is 0.0108. The Bertz CT molecular complexity index is 563. The van der Waals surface area contributed by atoms with E-state index in [1.165, 1.54) is 11.3 Å². The Morgan fingerprint density at radius 1 is 1.06 bits per heavy atom. The summed E-state index contributed by atoms with van der Waals surface area (Å²) < 4.78 is 0. The highest BCUT2D eigenvalue weighted by atomic mass is 35.5. The second-order valence-corrected chi connectivity index (χ2v) is 5.58. The van der Waals surface area contributed by atoms with Crippen molar-refractivity contribution in [3.63, 3.8) is 0 Å². The van der Waals surface area contributed by atoms with Crippen LogP contribution in [0.4, 0.5) is 0 Å². The van der Waals surface area contributed by atoms with E-state index in [1.54, 1.807) is 29.6 Å². The van der Waals surface area contributed by atoms with E-state index >= 15 is 0 Å². The summed E-state index contributed by atoms with van der Waals surface area (Å²) in [6.07, 6.45) is 0.275. The molecule has 0 unspecified atom stereocenters. The molecule has 0 spiro atoms. The van der Waals surface area contributed by atoms with E-state index in [-0.39, 0.29) is 12.2 Å². The lowest BCUT2D eigenvalue weighted by molar-refractivity contribution is 0.0997. The van der Waals surface area contributed by atoms with Crippen molar-refractivity contribution in [2.75, 3.05) is 0 Å². The highest BCUT2D eigenvalue weighted by Crippen LogP contribution is 2.26. The van der Waals surface area contributed by atoms with E-state index in [0.29, 0.717) is 19.9 Å². The molecule has 1 aromatic carbocycles. The normalized spacial score (nSPS) is 10.5. The zero-order chi connectivity index (χ0) is 12.4. The van der Waals surface area contributed by atoms with E-state index in [0.717, 1.165) is 5.56 Å². The molecule has 0 fully saturated rings. The molecule has 0 atom stereocenters. The number of ketones is 1. The molecule has 0 saturated heterocycles. The van der Waals surface area contributed by atoms with Crippen LogP contribution in [0, 0.1) is 0 Å². The van der Waals surface area contributed by atoms with Crippen molar-refractivity contribution in [1.29, 1.82) is 0 Å². The molecule has 0 amide bonds. The van der Waals surface area contributed by atoms with Crippen LogP contribution in [-0.2, 0) is 6.42 Å². The second kappa shape index (κ2) is 5.40. The molecule has 1 nitrogen and oxygen atoms in total. The number of Topliss-reactive ketones (excluding diaryl/α,β-unsaturated/α-hetero) is 1. The summed E-state index contributed by atoms with van der Waals surface area (Å²) >= 11 is 18.9. The van der Waals surface area contributed by atoms with Gasteiger partial charge in [0, 0.05) is 6.42 Å². The van der Waals surface area contributed by atoms with Gasteiger partial charge in [0.2, 0.25) is 0 Å². The van der Waals surface area contributed by atoms with E-state index in [4.69, 9.17) is 34.8 Å². The highest BCUT2D eigenvalue weighted by molar-refractivity contribution is 7.12. The zero-order valence-corrected chi connectivity index (χ0v) is 11.6. The standard InChI is InChI=1S/C12H7Cl3OS/c13-8-2-1-7(5-10(8)15)6-11(16)12-9(14)3-4-17-12/h1-5H,6H2. The van der Waals surface area contributed by atoms with Gasteiger partial charge >= 0.3 is 0 Å². The van der Waals surface area contributed by atoms with Crippen LogP contribution in [-0.4, -0.2) is 5.78 Å². The van der Waals surface area contributed by atoms with Crippen LogP contribution < -0.4 is 0 Å². The van der Waals surface area contributed by atoms with Gasteiger partial charge in [0.1, 0.15) is 0 Å². The van der Waals surface area contributed by atoms with Gasteiger partial charge in [-0.15, -0.1) is 11.3 Å². The maximum absolute atomic E-state index is 11.9. The number of carbonyl (C=O) groups is 1. The number of thiophene rings is 1. The number of carbonyl (C=O) groups excluding carboxylic acids is 1. The van der Waals surface area contributed by atoms with E-state index < -0.39 is 0 Å². The smallest absolute Gasteiger partial charge is 0.178 e. The molecule has 0 bridgehead atoms. The first-order chi connectivity index (χ1) is 8.08. The van der Waals surface area contributed by atoms with Gasteiger partial charge in [0.15, 0.2) is 5.78 Å². The Labute approximate surface area is 118 Å². The lowest BCUT2D eigenvalue weighted by Crippen LogP contribution is -2.01. The average Bonchev–Trinajstić information content (AvgIpc) is 2.70. The third-order valence-electron chi connectivity index (χ3n) is 2.22. The highest BCUT2D eigenvalue weighted by Gasteiger charge is 2.13. The second-order valence-electron chi connectivity index (χ2n) is 3.45. The number of halogens is 3. The first-order valence-electron chi connectivity index (χ1n) is 4.78. The predicted molar refractivity (Wildman–Crippen MR) is 73.8 cm³/mol. The number of hydrogen-bond acceptors (Lipinski definition) is 2. The van der Waals surface area contributed by atoms with Crippen molar-refractivity contribution in [1.82, 2.24) is 0 Å². The molecular weight excluding hydrogens is 299 g/mol. The third-order valence-corrected chi connectivity index (χ3v) is 4.34. The molecule has 5 heteroatoms. The summed E-state index contributed by atoms with van der Waals surface area (Å²) in [5.74, 6) is -0.0108. The van der Waals surface area contributed by atoms with Gasteiger partial charge in [-0.1, -0.05) is 40.9 Å². The van der Waals surface area contributed by atoms with E-state index in [1.807, 2.05) is 0 Å². The maximum Gasteiger partial charge on any atom is 0.178 e. The van der Waals surface area contributed by atoms with Crippen LogP contribution >= 0.6 is 46.1 Å². The van der Waals surface area contributed by atoms with Crippen LogP contribution in [0.25, 0.3) is 0 Å². The number of hydrogen-bond donors (Lipinski definition) is 0. The van der Waals surface area contributed by atoms with Gasteiger partial charge in [-0.05, 0) is 29.1 Å². The van der Waals surface area contributed by atoms with Crippen molar-refractivity contribution in [2.24, 2.45) is 0 Å². The summed E-state index contributed by atoms with van der Waals surface area (Å²) in [7, 11) is 0. The average molecular weight is 306 g/mol. The van der Waals surface area contributed by atoms with Gasteiger partial charge in [-0.25, -0.2) is 0 Å². The fourth-order valence-electron chi connectivity index (χ4n) is 1.41. The molecule has 88 valence electrons. The lowest BCUT2D eigenvalue weighted by Gasteiger charge is -2.02. The van der Waals surface area contributed by atoms with Gasteiger partial charge in [0.25, 0.3) is 0 Å². The van der Waals surface area contributed by atoms with Crippen molar-refractivity contribution in [3.8, 4) is 0 Å². The minimum Gasteiger partial charge on any atom is -0.293 e. The summed E-state index contributed by atoms with van der Waals surface area (Å²) in [6, 6.07) is 6.88. The van der Waals surface area contributed by atoms with Gasteiger partial charge < -0.3 is 0 Å². The number of benzene rings is 1. The molecule has 0 aliphatic carbocycles. The van der Waals surface area contributed by atoms with Crippen LogP contribution in [0.3, 0.4) is 0 Å². The van der Waals surface area contributed by atoms with Crippen molar-refractivity contribution < 1.29 is 4.79 Å². The molecule has 0 aliphatic rings. The summed E-state index contributed by atoms with van der Waals surface area (Å²) in [5.41, 5.74) is 0.828. The summed E-state index contributed by atoms with van der Waals surface area (Å²) in [6.45, 7) is 0. The third kappa shape index (κ3) is 3.02. The largest absolute Gasteiger partial charge is 0.293 e. The lowest BCUT2D eigenvalue weighted by atomic mass is 10.1. The molecule has 0 N–H and O–H groups in total. The van der Waals surface area contributed by atoms with Crippen LogP contribution in [0.1, 0.15) is 15.2 Å². The van der Waals surface area contributed by atoms with E-state index in [9.17, 15) is 4.79 Å². The molecule has 2 rings (SSSR count). The fraction of sp³-hybridized carbons (Fsp3) is 0.0833. The van der Waals surface area contributed by atoms with Gasteiger partial charge in [0.05, 0.1) is 19.9 Å². The molecule has 1 heterocycles. The summed E-state index contributed by atoms with van der Waals surface area (Å²) in [5, 5.41) is 3.23. The molecule has 17 heavy (non-hydrogen) atoms. The predicted octanol–water partition coefficient (Wildman–Crippen LogP) is 5.13. The first-order valence-corrected chi connectivity index (χ1v) is 6.79. The minimum atomic E-state index is -0.0108. The Morgan fingerprint density at radius 2 is 1.82 bits per heavy atom. The zero-order valence-electron chi connectivity index (χ0n) is 8.54. The van der Waals surface area contributed by atoms with Crippen molar-refractivity contribution >= 4 is 51.9 Å². The molecule has 0 radical (unpaired) electrons.